The molecule has 5 heteroatoms. The van der Waals surface area contributed by atoms with Gasteiger partial charge in [-0.15, -0.1) is 0 Å². The average Bonchev–Trinajstić information content (AvgIpc) is 2.61. The zero-order valence-corrected chi connectivity index (χ0v) is 18.8. The van der Waals surface area contributed by atoms with Gasteiger partial charge in [-0.3, -0.25) is 4.79 Å². The number of Topliss-reactive ketones (excluding diaryl/α,β-unsaturated/α-hetero) is 1. The summed E-state index contributed by atoms with van der Waals surface area (Å²) in [7, 11) is 0. The fraction of sp³-hybridized carbons (Fsp3) is 0.440. The molecule has 1 N–H and O–H groups in total. The molecular weight excluding hydrogens is 378 g/mol. The minimum absolute atomic E-state index is 0.0238. The Hall–Kier alpha value is -2.82. The number of ether oxygens (including phenoxy) is 2. The van der Waals surface area contributed by atoms with E-state index >= 15 is 0 Å². The summed E-state index contributed by atoms with van der Waals surface area (Å²) in [4.78, 5) is 25.0. The van der Waals surface area contributed by atoms with Gasteiger partial charge in [0, 0.05) is 18.0 Å². The molecule has 0 spiro atoms. The molecule has 0 aliphatic rings. The van der Waals surface area contributed by atoms with E-state index in [1.807, 2.05) is 84.0 Å². The van der Waals surface area contributed by atoms with E-state index < -0.39 is 11.7 Å². The number of rotatable bonds is 7. The highest BCUT2D eigenvalue weighted by Crippen LogP contribution is 2.20. The van der Waals surface area contributed by atoms with Gasteiger partial charge in [-0.25, -0.2) is 4.79 Å². The molecule has 0 saturated heterocycles. The van der Waals surface area contributed by atoms with Crippen LogP contribution in [-0.4, -0.2) is 29.1 Å². The number of alkyl carbamates (subject to hydrolysis) is 1. The summed E-state index contributed by atoms with van der Waals surface area (Å²) in [5.74, 6) is 0.757. The number of carbonyl (C=O) groups is 2. The molecule has 1 atom stereocenters. The Bertz CT molecular complexity index is 830. The number of nitrogens with one attached hydrogen (secondary N) is 1. The van der Waals surface area contributed by atoms with Gasteiger partial charge in [0.15, 0.2) is 5.78 Å². The maximum absolute atomic E-state index is 12.7. The number of ketones is 1. The number of hydrogen-bond acceptors (Lipinski definition) is 4. The van der Waals surface area contributed by atoms with Gasteiger partial charge < -0.3 is 14.8 Å². The van der Waals surface area contributed by atoms with E-state index in [1.54, 1.807) is 12.1 Å². The largest absolute Gasteiger partial charge is 0.488 e. The summed E-state index contributed by atoms with van der Waals surface area (Å²) in [6.07, 6.45) is 0.165. The number of hydrogen-bond donors (Lipinski definition) is 1. The van der Waals surface area contributed by atoms with Gasteiger partial charge in [0.25, 0.3) is 0 Å². The molecule has 1 amide bonds. The molecule has 30 heavy (non-hydrogen) atoms. The van der Waals surface area contributed by atoms with E-state index in [-0.39, 0.29) is 23.8 Å². The lowest BCUT2D eigenvalue weighted by atomic mass is 9.98. The number of carbonyl (C=O) groups excluding carboxylic acids is 2. The fourth-order valence-electron chi connectivity index (χ4n) is 2.95. The van der Waals surface area contributed by atoms with Gasteiger partial charge >= 0.3 is 6.09 Å². The van der Waals surface area contributed by atoms with Crippen molar-refractivity contribution in [1.29, 1.82) is 0 Å². The van der Waals surface area contributed by atoms with Crippen LogP contribution in [0.15, 0.2) is 54.6 Å². The second-order valence-electron chi connectivity index (χ2n) is 9.40. The average molecular weight is 412 g/mol. The summed E-state index contributed by atoms with van der Waals surface area (Å²) >= 11 is 0. The standard InChI is InChI=1S/C25H33NO4/c1-24(2,3)29-21-14-12-18(13-15-21)16-20(26-23(28)30-25(4,5)6)17-22(27)19-10-8-7-9-11-19/h7-15,20H,16-17H2,1-6H3,(H,26,28). The zero-order valence-electron chi connectivity index (χ0n) is 18.8. The van der Waals surface area contributed by atoms with Gasteiger partial charge in [0.2, 0.25) is 0 Å². The SMILES string of the molecule is CC(C)(C)OC(=O)NC(CC(=O)c1ccccc1)Cc1ccc(OC(C)(C)C)cc1. The van der Waals surface area contributed by atoms with Gasteiger partial charge in [-0.1, -0.05) is 42.5 Å². The normalized spacial score (nSPS) is 12.7. The van der Waals surface area contributed by atoms with Crippen molar-refractivity contribution >= 4 is 11.9 Å². The Kier molecular flexibility index (Phi) is 7.65. The highest BCUT2D eigenvalue weighted by Gasteiger charge is 2.22. The molecule has 0 bridgehead atoms. The van der Waals surface area contributed by atoms with Crippen LogP contribution in [0.4, 0.5) is 4.79 Å². The third-order valence-electron chi connectivity index (χ3n) is 4.08. The Balaban J connectivity index is 2.12. The first-order chi connectivity index (χ1) is 13.9. The minimum atomic E-state index is -0.607. The van der Waals surface area contributed by atoms with Crippen molar-refractivity contribution in [3.8, 4) is 5.75 Å². The molecule has 0 heterocycles. The molecule has 0 fully saturated rings. The van der Waals surface area contributed by atoms with E-state index in [0.717, 1.165) is 11.3 Å². The van der Waals surface area contributed by atoms with Crippen LogP contribution in [0.2, 0.25) is 0 Å². The summed E-state index contributed by atoms with van der Waals surface area (Å²) in [6, 6.07) is 16.4. The molecule has 2 rings (SSSR count). The highest BCUT2D eigenvalue weighted by atomic mass is 16.6. The quantitative estimate of drug-likeness (QED) is 0.605. The summed E-state index contributed by atoms with van der Waals surface area (Å²) in [6.45, 7) is 11.4. The van der Waals surface area contributed by atoms with Gasteiger partial charge in [0.05, 0.1) is 0 Å². The van der Waals surface area contributed by atoms with Crippen LogP contribution in [0.1, 0.15) is 63.9 Å². The molecule has 162 valence electrons. The molecular formula is C25H33NO4. The lowest BCUT2D eigenvalue weighted by molar-refractivity contribution is 0.0501. The second-order valence-corrected chi connectivity index (χ2v) is 9.40. The third kappa shape index (κ3) is 8.68. The first kappa shape index (κ1) is 23.5. The molecule has 0 radical (unpaired) electrons. The molecule has 0 aliphatic heterocycles. The minimum Gasteiger partial charge on any atom is -0.488 e. The molecule has 0 saturated carbocycles. The van der Waals surface area contributed by atoms with Gasteiger partial charge in [-0.05, 0) is 65.7 Å². The van der Waals surface area contributed by atoms with Gasteiger partial charge in [0.1, 0.15) is 17.0 Å². The van der Waals surface area contributed by atoms with Crippen molar-refractivity contribution in [2.24, 2.45) is 0 Å². The predicted molar refractivity (Wildman–Crippen MR) is 119 cm³/mol. The van der Waals surface area contributed by atoms with Crippen molar-refractivity contribution in [3.05, 3.63) is 65.7 Å². The Morgan fingerprint density at radius 3 is 2.00 bits per heavy atom. The highest BCUT2D eigenvalue weighted by molar-refractivity contribution is 5.96. The second kappa shape index (κ2) is 9.79. The lowest BCUT2D eigenvalue weighted by Gasteiger charge is -2.24. The first-order valence-electron chi connectivity index (χ1n) is 10.3. The van der Waals surface area contributed by atoms with Crippen LogP contribution in [0.5, 0.6) is 5.75 Å². The molecule has 5 nitrogen and oxygen atoms in total. The first-order valence-corrected chi connectivity index (χ1v) is 10.3. The van der Waals surface area contributed by atoms with Crippen molar-refractivity contribution < 1.29 is 19.1 Å². The van der Waals surface area contributed by atoms with Crippen LogP contribution >= 0.6 is 0 Å². The number of benzene rings is 2. The van der Waals surface area contributed by atoms with Crippen molar-refractivity contribution in [1.82, 2.24) is 5.32 Å². The lowest BCUT2D eigenvalue weighted by Crippen LogP contribution is -2.41. The number of amides is 1. The van der Waals surface area contributed by atoms with E-state index in [2.05, 4.69) is 5.32 Å². The molecule has 0 aromatic heterocycles. The van der Waals surface area contributed by atoms with Crippen LogP contribution in [0, 0.1) is 0 Å². The molecule has 1 unspecified atom stereocenters. The summed E-state index contributed by atoms with van der Waals surface area (Å²) in [5.41, 5.74) is 0.745. The van der Waals surface area contributed by atoms with Crippen LogP contribution in [-0.2, 0) is 11.2 Å². The van der Waals surface area contributed by atoms with E-state index in [4.69, 9.17) is 9.47 Å². The summed E-state index contributed by atoms with van der Waals surface area (Å²) < 4.78 is 11.2. The smallest absolute Gasteiger partial charge is 0.407 e. The van der Waals surface area contributed by atoms with Crippen molar-refractivity contribution in [2.45, 2.75) is 71.6 Å². The maximum Gasteiger partial charge on any atom is 0.407 e. The van der Waals surface area contributed by atoms with E-state index in [0.29, 0.717) is 12.0 Å². The Morgan fingerprint density at radius 2 is 1.47 bits per heavy atom. The third-order valence-corrected chi connectivity index (χ3v) is 4.08. The topological polar surface area (TPSA) is 64.6 Å². The van der Waals surface area contributed by atoms with Crippen molar-refractivity contribution in [2.75, 3.05) is 0 Å². The van der Waals surface area contributed by atoms with Crippen LogP contribution in [0.25, 0.3) is 0 Å². The molecule has 2 aromatic rings. The van der Waals surface area contributed by atoms with Gasteiger partial charge in [-0.2, -0.15) is 0 Å². The fourth-order valence-corrected chi connectivity index (χ4v) is 2.95. The monoisotopic (exact) mass is 411 g/mol. The maximum atomic E-state index is 12.7. The zero-order chi connectivity index (χ0) is 22.4. The van der Waals surface area contributed by atoms with E-state index in [1.165, 1.54) is 0 Å². The molecule has 0 aliphatic carbocycles. The van der Waals surface area contributed by atoms with Crippen LogP contribution in [0.3, 0.4) is 0 Å². The van der Waals surface area contributed by atoms with Crippen molar-refractivity contribution in [3.63, 3.8) is 0 Å². The molecule has 2 aromatic carbocycles. The summed E-state index contributed by atoms with van der Waals surface area (Å²) in [5, 5.41) is 2.86. The predicted octanol–water partition coefficient (Wildman–Crippen LogP) is 5.57. The Labute approximate surface area is 179 Å². The Morgan fingerprint density at radius 1 is 0.867 bits per heavy atom. The van der Waals surface area contributed by atoms with Crippen LogP contribution < -0.4 is 10.1 Å². The van der Waals surface area contributed by atoms with E-state index in [9.17, 15) is 9.59 Å².